The maximum absolute atomic E-state index is 13.0. The van der Waals surface area contributed by atoms with E-state index in [1.165, 1.54) is 32.6 Å². The molecule has 33 heavy (non-hydrogen) atoms. The molecule has 0 atom stereocenters. The van der Waals surface area contributed by atoms with Gasteiger partial charge in [0.1, 0.15) is 0 Å². The number of benzene rings is 2. The van der Waals surface area contributed by atoms with Crippen molar-refractivity contribution in [3.05, 3.63) is 72.4 Å². The first kappa shape index (κ1) is 21.9. The van der Waals surface area contributed by atoms with Crippen molar-refractivity contribution in [3.63, 3.8) is 0 Å². The number of nitrogens with zero attached hydrogens (tertiary/aromatic N) is 2. The molecule has 9 nitrogen and oxygen atoms in total. The summed E-state index contributed by atoms with van der Waals surface area (Å²) in [6, 6.07) is 14.1. The number of aryl methyl sites for hydroxylation is 1. The number of fused-ring (bicyclic) bond motifs is 1. The lowest BCUT2D eigenvalue weighted by Gasteiger charge is -2.15. The van der Waals surface area contributed by atoms with Crippen LogP contribution < -0.4 is 20.1 Å². The molecule has 0 unspecified atom stereocenters. The molecule has 0 bridgehead atoms. The first-order chi connectivity index (χ1) is 16.1. The van der Waals surface area contributed by atoms with E-state index in [4.69, 9.17) is 13.9 Å². The van der Waals surface area contributed by atoms with E-state index in [1.807, 2.05) is 28.8 Å². The number of imidazole rings is 1. The molecule has 2 N–H and O–H groups in total. The predicted octanol–water partition coefficient (Wildman–Crippen LogP) is 3.72. The molecular formula is C24H24N4O5. The summed E-state index contributed by atoms with van der Waals surface area (Å²) in [5.74, 6) is 0.0671. The van der Waals surface area contributed by atoms with Crippen molar-refractivity contribution in [3.8, 4) is 11.5 Å². The fraction of sp³-hybridized carbons (Fsp3) is 0.208. The Hall–Kier alpha value is -4.27. The molecule has 0 aliphatic heterocycles. The molecule has 0 aliphatic rings. The van der Waals surface area contributed by atoms with E-state index in [9.17, 15) is 9.59 Å². The minimum absolute atomic E-state index is 0.128. The highest BCUT2D eigenvalue weighted by atomic mass is 16.5. The number of hydrogen-bond acceptors (Lipinski definition) is 6. The smallest absolute Gasteiger partial charge is 0.291 e. The van der Waals surface area contributed by atoms with Gasteiger partial charge in [-0.25, -0.2) is 4.98 Å². The number of para-hydroxylation sites is 2. The molecule has 2 aromatic carbocycles. The van der Waals surface area contributed by atoms with E-state index in [-0.39, 0.29) is 22.9 Å². The third-order valence-corrected chi connectivity index (χ3v) is 5.15. The topological polar surface area (TPSA) is 108 Å². The van der Waals surface area contributed by atoms with E-state index < -0.39 is 5.91 Å². The Morgan fingerprint density at radius 2 is 1.82 bits per heavy atom. The molecule has 0 spiro atoms. The van der Waals surface area contributed by atoms with E-state index in [0.717, 1.165) is 11.0 Å². The Bertz CT molecular complexity index is 1260. The van der Waals surface area contributed by atoms with Gasteiger partial charge in [0.05, 0.1) is 49.1 Å². The molecular weight excluding hydrogens is 424 g/mol. The first-order valence-electron chi connectivity index (χ1n) is 10.4. The molecule has 2 heterocycles. The van der Waals surface area contributed by atoms with E-state index in [1.54, 1.807) is 18.5 Å². The third kappa shape index (κ3) is 4.82. The van der Waals surface area contributed by atoms with Gasteiger partial charge in [0.2, 0.25) is 0 Å². The number of amides is 2. The second-order valence-electron chi connectivity index (χ2n) is 7.22. The summed E-state index contributed by atoms with van der Waals surface area (Å²) < 4.78 is 17.8. The largest absolute Gasteiger partial charge is 0.493 e. The van der Waals surface area contributed by atoms with Crippen LogP contribution in [0.15, 0.2) is 65.5 Å². The average molecular weight is 448 g/mol. The molecule has 4 aromatic rings. The molecule has 0 aliphatic carbocycles. The Balaban J connectivity index is 1.46. The lowest BCUT2D eigenvalue weighted by molar-refractivity contribution is 0.0953. The van der Waals surface area contributed by atoms with Gasteiger partial charge in [-0.1, -0.05) is 12.1 Å². The van der Waals surface area contributed by atoms with Crippen LogP contribution in [0.1, 0.15) is 27.3 Å². The fourth-order valence-electron chi connectivity index (χ4n) is 3.50. The minimum Gasteiger partial charge on any atom is -0.493 e. The predicted molar refractivity (Wildman–Crippen MR) is 123 cm³/mol. The summed E-state index contributed by atoms with van der Waals surface area (Å²) in [6.45, 7) is 1.14. The second-order valence-corrected chi connectivity index (χ2v) is 7.22. The third-order valence-electron chi connectivity index (χ3n) is 5.15. The van der Waals surface area contributed by atoms with Gasteiger partial charge in [-0.05, 0) is 36.8 Å². The summed E-state index contributed by atoms with van der Waals surface area (Å²) in [5, 5.41) is 5.61. The van der Waals surface area contributed by atoms with E-state index in [2.05, 4.69) is 15.6 Å². The van der Waals surface area contributed by atoms with Crippen LogP contribution in [0.2, 0.25) is 0 Å². The van der Waals surface area contributed by atoms with Crippen LogP contribution in [0.5, 0.6) is 11.5 Å². The van der Waals surface area contributed by atoms with Gasteiger partial charge in [0.15, 0.2) is 17.3 Å². The van der Waals surface area contributed by atoms with Crippen molar-refractivity contribution in [1.29, 1.82) is 0 Å². The Kier molecular flexibility index (Phi) is 6.58. The summed E-state index contributed by atoms with van der Waals surface area (Å²) in [5.41, 5.74) is 2.52. The molecule has 4 rings (SSSR count). The standard InChI is InChI=1S/C24H24N4O5/c1-31-21-13-16(18(14-22(21)32-2)27-24(30)20-9-5-12-33-20)23(29)25-10-6-11-28-15-26-17-7-3-4-8-19(17)28/h3-5,7-9,12-15H,6,10-11H2,1-2H3,(H,25,29)(H,27,30). The van der Waals surface area contributed by atoms with Crippen LogP contribution in [0.25, 0.3) is 11.0 Å². The SMILES string of the molecule is COc1cc(NC(=O)c2ccco2)c(C(=O)NCCCn2cnc3ccccc32)cc1OC. The van der Waals surface area contributed by atoms with Gasteiger partial charge in [0.25, 0.3) is 11.8 Å². The maximum Gasteiger partial charge on any atom is 0.291 e. The number of aromatic nitrogens is 2. The zero-order valence-electron chi connectivity index (χ0n) is 18.3. The van der Waals surface area contributed by atoms with Gasteiger partial charge in [0, 0.05) is 19.2 Å². The van der Waals surface area contributed by atoms with E-state index in [0.29, 0.717) is 31.0 Å². The van der Waals surface area contributed by atoms with Crippen molar-refractivity contribution < 1.29 is 23.5 Å². The molecule has 170 valence electrons. The van der Waals surface area contributed by atoms with E-state index >= 15 is 0 Å². The van der Waals surface area contributed by atoms with Crippen molar-refractivity contribution >= 4 is 28.5 Å². The monoisotopic (exact) mass is 448 g/mol. The Morgan fingerprint density at radius 3 is 2.58 bits per heavy atom. The van der Waals surface area contributed by atoms with Crippen LogP contribution in [-0.4, -0.2) is 42.1 Å². The van der Waals surface area contributed by atoms with Crippen molar-refractivity contribution in [1.82, 2.24) is 14.9 Å². The second kappa shape index (κ2) is 9.90. The number of furan rings is 1. The molecule has 0 radical (unpaired) electrons. The Labute approximate surface area is 190 Å². The van der Waals surface area contributed by atoms with Gasteiger partial charge in [-0.3, -0.25) is 9.59 Å². The highest BCUT2D eigenvalue weighted by molar-refractivity contribution is 6.08. The molecule has 0 saturated heterocycles. The van der Waals surface area contributed by atoms with Gasteiger partial charge in [-0.2, -0.15) is 0 Å². The summed E-state index contributed by atoms with van der Waals surface area (Å²) in [4.78, 5) is 29.8. The van der Waals surface area contributed by atoms with Crippen LogP contribution in [0, 0.1) is 0 Å². The number of nitrogens with one attached hydrogen (secondary N) is 2. The van der Waals surface area contributed by atoms with Crippen LogP contribution in [0.4, 0.5) is 5.69 Å². The minimum atomic E-state index is -0.478. The Morgan fingerprint density at radius 1 is 1.03 bits per heavy atom. The zero-order chi connectivity index (χ0) is 23.2. The van der Waals surface area contributed by atoms with Crippen molar-refractivity contribution in [2.45, 2.75) is 13.0 Å². The first-order valence-corrected chi connectivity index (χ1v) is 10.4. The van der Waals surface area contributed by atoms with Gasteiger partial charge in [-0.15, -0.1) is 0 Å². The number of carbonyl (C=O) groups is 2. The van der Waals surface area contributed by atoms with Crippen molar-refractivity contribution in [2.24, 2.45) is 0 Å². The van der Waals surface area contributed by atoms with Gasteiger partial charge < -0.3 is 29.1 Å². The molecule has 0 fully saturated rings. The highest BCUT2D eigenvalue weighted by Crippen LogP contribution is 2.33. The highest BCUT2D eigenvalue weighted by Gasteiger charge is 2.20. The number of ether oxygens (including phenoxy) is 2. The lowest BCUT2D eigenvalue weighted by atomic mass is 10.1. The average Bonchev–Trinajstić information content (AvgIpc) is 3.52. The van der Waals surface area contributed by atoms with Crippen molar-refractivity contribution in [2.75, 3.05) is 26.1 Å². The summed E-state index contributed by atoms with van der Waals surface area (Å²) in [6.07, 6.45) is 3.90. The molecule has 2 amide bonds. The number of hydrogen-bond donors (Lipinski definition) is 2. The quantitative estimate of drug-likeness (QED) is 0.378. The van der Waals surface area contributed by atoms with Crippen LogP contribution in [-0.2, 0) is 6.54 Å². The number of methoxy groups -OCH3 is 2. The normalized spacial score (nSPS) is 10.7. The maximum atomic E-state index is 13.0. The lowest BCUT2D eigenvalue weighted by Crippen LogP contribution is -2.27. The number of carbonyl (C=O) groups excluding carboxylic acids is 2. The summed E-state index contributed by atoms with van der Waals surface area (Å²) >= 11 is 0. The van der Waals surface area contributed by atoms with Crippen LogP contribution >= 0.6 is 0 Å². The molecule has 0 saturated carbocycles. The molecule has 9 heteroatoms. The fourth-order valence-corrected chi connectivity index (χ4v) is 3.50. The van der Waals surface area contributed by atoms with Crippen LogP contribution in [0.3, 0.4) is 0 Å². The molecule has 2 aromatic heterocycles. The van der Waals surface area contributed by atoms with Gasteiger partial charge >= 0.3 is 0 Å². The number of rotatable bonds is 9. The summed E-state index contributed by atoms with van der Waals surface area (Å²) in [7, 11) is 2.96. The number of anilines is 1. The zero-order valence-corrected chi connectivity index (χ0v) is 18.3.